The number of esters is 1. The van der Waals surface area contributed by atoms with E-state index in [1.807, 2.05) is 0 Å². The maximum Gasteiger partial charge on any atom is 0.416 e. The van der Waals surface area contributed by atoms with Crippen LogP contribution in [0, 0.1) is 0 Å². The van der Waals surface area contributed by atoms with Gasteiger partial charge in [0.25, 0.3) is 5.91 Å². The Balaban J connectivity index is 1.85. The summed E-state index contributed by atoms with van der Waals surface area (Å²) in [4.78, 5) is 26.3. The van der Waals surface area contributed by atoms with Crippen LogP contribution in [0.2, 0.25) is 0 Å². The average molecular weight is 433 g/mol. The molecule has 0 spiro atoms. The highest BCUT2D eigenvalue weighted by Crippen LogP contribution is 2.29. The number of carbonyl (C=O) groups excluding carboxylic acids is 2. The number of ether oxygens (including phenoxy) is 1. The number of amides is 1. The van der Waals surface area contributed by atoms with E-state index in [9.17, 15) is 22.8 Å². The van der Waals surface area contributed by atoms with Crippen molar-refractivity contribution in [3.8, 4) is 5.69 Å². The van der Waals surface area contributed by atoms with Gasteiger partial charge in [0.2, 0.25) is 0 Å². The fourth-order valence-electron chi connectivity index (χ4n) is 2.83. The summed E-state index contributed by atoms with van der Waals surface area (Å²) in [5.74, 6) is -1.12. The van der Waals surface area contributed by atoms with Gasteiger partial charge in [0.05, 0.1) is 17.9 Å². The molecule has 1 aromatic heterocycles. The summed E-state index contributed by atoms with van der Waals surface area (Å²) >= 11 is 0. The highest BCUT2D eigenvalue weighted by Gasteiger charge is 2.30. The maximum atomic E-state index is 13.1. The van der Waals surface area contributed by atoms with Crippen molar-refractivity contribution >= 4 is 11.9 Å². The zero-order valence-corrected chi connectivity index (χ0v) is 16.4. The van der Waals surface area contributed by atoms with Gasteiger partial charge >= 0.3 is 12.1 Å². The molecule has 0 aliphatic rings. The molecule has 0 aliphatic carbocycles. The quantitative estimate of drug-likeness (QED) is 0.533. The van der Waals surface area contributed by atoms with Crippen molar-refractivity contribution in [1.82, 2.24) is 25.1 Å². The molecular weight excluding hydrogens is 415 g/mol. The number of tetrazole rings is 1. The maximum absolute atomic E-state index is 13.1. The Morgan fingerprint density at radius 2 is 1.87 bits per heavy atom. The Hall–Kier alpha value is -3.76. The lowest BCUT2D eigenvalue weighted by atomic mass is 10.1. The molecule has 0 N–H and O–H groups in total. The lowest BCUT2D eigenvalue weighted by Crippen LogP contribution is -2.36. The van der Waals surface area contributed by atoms with E-state index < -0.39 is 23.6 Å². The minimum absolute atomic E-state index is 0.0785. The van der Waals surface area contributed by atoms with E-state index in [2.05, 4.69) is 15.5 Å². The fourth-order valence-corrected chi connectivity index (χ4v) is 2.83. The minimum atomic E-state index is -4.46. The Labute approximate surface area is 175 Å². The van der Waals surface area contributed by atoms with Crippen molar-refractivity contribution in [3.05, 3.63) is 71.5 Å². The van der Waals surface area contributed by atoms with Crippen LogP contribution in [-0.2, 0) is 22.3 Å². The first-order valence-corrected chi connectivity index (χ1v) is 9.22. The molecule has 2 aromatic carbocycles. The van der Waals surface area contributed by atoms with E-state index in [0.29, 0.717) is 11.3 Å². The van der Waals surface area contributed by atoms with Crippen LogP contribution in [-0.4, -0.2) is 50.1 Å². The van der Waals surface area contributed by atoms with Gasteiger partial charge in [-0.3, -0.25) is 9.59 Å². The second-order valence-electron chi connectivity index (χ2n) is 6.47. The standard InChI is InChI=1S/C20H18F3N5O3/c1-2-31-18(29)12-27(11-14-6-8-16(9-7-14)20(21,22)23)19(30)15-4-3-5-17(10-15)28-13-24-25-26-28/h3-10,13H,2,11-12H2,1H3. The van der Waals surface area contributed by atoms with Crippen LogP contribution in [0.5, 0.6) is 0 Å². The first kappa shape index (κ1) is 21.9. The topological polar surface area (TPSA) is 90.2 Å². The molecule has 0 bridgehead atoms. The first-order valence-electron chi connectivity index (χ1n) is 9.22. The molecule has 0 saturated heterocycles. The molecule has 162 valence electrons. The molecule has 0 unspecified atom stereocenters. The Bertz CT molecular complexity index is 1040. The Kier molecular flexibility index (Phi) is 6.63. The van der Waals surface area contributed by atoms with Crippen molar-refractivity contribution in [2.24, 2.45) is 0 Å². The summed E-state index contributed by atoms with van der Waals surface area (Å²) in [6, 6.07) is 10.8. The fraction of sp³-hybridized carbons (Fsp3) is 0.250. The molecular formula is C20H18F3N5O3. The summed E-state index contributed by atoms with van der Waals surface area (Å²) in [5.41, 5.74) is 0.418. The molecule has 0 aliphatic heterocycles. The number of benzene rings is 2. The zero-order chi connectivity index (χ0) is 22.4. The highest BCUT2D eigenvalue weighted by atomic mass is 19.4. The van der Waals surface area contributed by atoms with E-state index in [4.69, 9.17) is 4.74 Å². The van der Waals surface area contributed by atoms with Gasteiger partial charge in [-0.2, -0.15) is 13.2 Å². The van der Waals surface area contributed by atoms with Crippen molar-refractivity contribution < 1.29 is 27.5 Å². The molecule has 31 heavy (non-hydrogen) atoms. The molecule has 0 atom stereocenters. The van der Waals surface area contributed by atoms with Crippen LogP contribution >= 0.6 is 0 Å². The number of carbonyl (C=O) groups is 2. The number of hydrogen-bond donors (Lipinski definition) is 0. The van der Waals surface area contributed by atoms with Crippen LogP contribution in [0.25, 0.3) is 5.69 Å². The van der Waals surface area contributed by atoms with Gasteiger partial charge in [-0.1, -0.05) is 18.2 Å². The number of halogens is 3. The second-order valence-corrected chi connectivity index (χ2v) is 6.47. The summed E-state index contributed by atoms with van der Waals surface area (Å²) in [6.45, 7) is 1.33. The SMILES string of the molecule is CCOC(=O)CN(Cc1ccc(C(F)(F)F)cc1)C(=O)c1cccc(-n2cnnn2)c1. The van der Waals surface area contributed by atoms with E-state index >= 15 is 0 Å². The first-order chi connectivity index (χ1) is 14.8. The monoisotopic (exact) mass is 433 g/mol. The van der Waals surface area contributed by atoms with Gasteiger partial charge in [-0.15, -0.1) is 5.10 Å². The third-order valence-corrected chi connectivity index (χ3v) is 4.27. The summed E-state index contributed by atoms with van der Waals surface area (Å²) in [7, 11) is 0. The largest absolute Gasteiger partial charge is 0.465 e. The molecule has 3 aromatic rings. The van der Waals surface area contributed by atoms with Gasteiger partial charge in [-0.05, 0) is 53.2 Å². The highest BCUT2D eigenvalue weighted by molar-refractivity contribution is 5.96. The molecule has 0 saturated carbocycles. The van der Waals surface area contributed by atoms with Crippen LogP contribution in [0.4, 0.5) is 13.2 Å². The van der Waals surface area contributed by atoms with E-state index in [-0.39, 0.29) is 25.3 Å². The zero-order valence-electron chi connectivity index (χ0n) is 16.4. The molecule has 0 fully saturated rings. The van der Waals surface area contributed by atoms with Crippen LogP contribution < -0.4 is 0 Å². The molecule has 3 rings (SSSR count). The average Bonchev–Trinajstić information content (AvgIpc) is 3.28. The van der Waals surface area contributed by atoms with Crippen molar-refractivity contribution in [2.45, 2.75) is 19.6 Å². The predicted octanol–water partition coefficient (Wildman–Crippen LogP) is 2.89. The van der Waals surface area contributed by atoms with Gasteiger partial charge in [0, 0.05) is 12.1 Å². The molecule has 1 amide bonds. The third-order valence-electron chi connectivity index (χ3n) is 4.27. The van der Waals surface area contributed by atoms with Crippen LogP contribution in [0.1, 0.15) is 28.4 Å². The Morgan fingerprint density at radius 1 is 1.13 bits per heavy atom. The van der Waals surface area contributed by atoms with Crippen molar-refractivity contribution in [3.63, 3.8) is 0 Å². The van der Waals surface area contributed by atoms with Gasteiger partial charge < -0.3 is 9.64 Å². The third kappa shape index (κ3) is 5.65. The van der Waals surface area contributed by atoms with E-state index in [1.165, 1.54) is 28.0 Å². The van der Waals surface area contributed by atoms with Gasteiger partial charge in [0.1, 0.15) is 12.9 Å². The summed E-state index contributed by atoms with van der Waals surface area (Å²) < 4.78 is 44.7. The van der Waals surface area contributed by atoms with E-state index in [0.717, 1.165) is 12.1 Å². The lowest BCUT2D eigenvalue weighted by Gasteiger charge is -2.22. The lowest BCUT2D eigenvalue weighted by molar-refractivity contribution is -0.144. The van der Waals surface area contributed by atoms with Crippen LogP contribution in [0.3, 0.4) is 0 Å². The summed E-state index contributed by atoms with van der Waals surface area (Å²) in [5, 5.41) is 10.9. The number of alkyl halides is 3. The van der Waals surface area contributed by atoms with Gasteiger partial charge in [0.15, 0.2) is 0 Å². The number of hydrogen-bond acceptors (Lipinski definition) is 6. The smallest absolute Gasteiger partial charge is 0.416 e. The van der Waals surface area contributed by atoms with Crippen molar-refractivity contribution in [1.29, 1.82) is 0 Å². The normalized spacial score (nSPS) is 11.2. The predicted molar refractivity (Wildman–Crippen MR) is 102 cm³/mol. The number of rotatable bonds is 7. The van der Waals surface area contributed by atoms with Crippen LogP contribution in [0.15, 0.2) is 54.9 Å². The molecule has 1 heterocycles. The second kappa shape index (κ2) is 9.37. The van der Waals surface area contributed by atoms with Gasteiger partial charge in [-0.25, -0.2) is 4.68 Å². The minimum Gasteiger partial charge on any atom is -0.465 e. The number of aromatic nitrogens is 4. The Morgan fingerprint density at radius 3 is 2.48 bits per heavy atom. The molecule has 0 radical (unpaired) electrons. The molecule has 11 heteroatoms. The summed E-state index contributed by atoms with van der Waals surface area (Å²) in [6.07, 6.45) is -3.10. The number of nitrogens with zero attached hydrogens (tertiary/aromatic N) is 5. The van der Waals surface area contributed by atoms with E-state index in [1.54, 1.807) is 31.2 Å². The molecule has 8 nitrogen and oxygen atoms in total. The van der Waals surface area contributed by atoms with Crippen molar-refractivity contribution in [2.75, 3.05) is 13.2 Å².